The number of aryl methyl sites for hydroxylation is 2. The molecule has 0 radical (unpaired) electrons. The van der Waals surface area contributed by atoms with Crippen LogP contribution in [0.4, 0.5) is 0 Å². The lowest BCUT2D eigenvalue weighted by Gasteiger charge is -2.40. The van der Waals surface area contributed by atoms with Gasteiger partial charge in [-0.2, -0.15) is 0 Å². The van der Waals surface area contributed by atoms with Crippen LogP contribution in [0, 0.1) is 13.8 Å². The Morgan fingerprint density at radius 3 is 2.64 bits per heavy atom. The van der Waals surface area contributed by atoms with Crippen molar-refractivity contribution in [2.24, 2.45) is 0 Å². The predicted molar refractivity (Wildman–Crippen MR) is 105 cm³/mol. The van der Waals surface area contributed by atoms with E-state index >= 15 is 0 Å². The molecule has 6 heteroatoms. The Hall–Kier alpha value is -2.63. The molecule has 0 saturated carbocycles. The number of rotatable bonds is 4. The fraction of sp³-hybridized carbons (Fsp3) is 0.500. The minimum Gasteiger partial charge on any atom is -0.361 e. The number of fused-ring (bicyclic) bond motifs is 1. The Bertz CT molecular complexity index is 861. The lowest BCUT2D eigenvalue weighted by molar-refractivity contribution is -0.132. The molecule has 4 rings (SSSR count). The summed E-state index contributed by atoms with van der Waals surface area (Å²) in [5.74, 6) is 1.12. The molecule has 0 bridgehead atoms. The maximum Gasteiger partial charge on any atom is 0.254 e. The molecule has 2 amide bonds. The number of hydrogen-bond acceptors (Lipinski definition) is 4. The zero-order valence-electron chi connectivity index (χ0n) is 16.6. The molecule has 2 aromatic rings. The van der Waals surface area contributed by atoms with Crippen molar-refractivity contribution in [3.05, 3.63) is 52.4 Å². The SMILES string of the molecule is Cc1noc(C)c1CCC(=O)N1CCC(N2CCc3ccccc3C2=O)CC1. The second-order valence-electron chi connectivity index (χ2n) is 7.82. The minimum absolute atomic E-state index is 0.144. The van der Waals surface area contributed by atoms with Crippen LogP contribution in [0.5, 0.6) is 0 Å². The Morgan fingerprint density at radius 1 is 1.18 bits per heavy atom. The van der Waals surface area contributed by atoms with Gasteiger partial charge in [0, 0.05) is 43.2 Å². The molecule has 0 unspecified atom stereocenters. The normalized spacial score (nSPS) is 17.7. The van der Waals surface area contributed by atoms with E-state index in [1.54, 1.807) is 0 Å². The monoisotopic (exact) mass is 381 g/mol. The zero-order chi connectivity index (χ0) is 19.7. The van der Waals surface area contributed by atoms with Gasteiger partial charge in [-0.15, -0.1) is 0 Å². The Balaban J connectivity index is 1.31. The van der Waals surface area contributed by atoms with Crippen LogP contribution >= 0.6 is 0 Å². The summed E-state index contributed by atoms with van der Waals surface area (Å²) in [6.45, 7) is 6.02. The summed E-state index contributed by atoms with van der Waals surface area (Å²) in [5.41, 5.74) is 3.90. The number of carbonyl (C=O) groups excluding carboxylic acids is 2. The first-order valence-corrected chi connectivity index (χ1v) is 10.1. The highest BCUT2D eigenvalue weighted by Gasteiger charge is 2.32. The van der Waals surface area contributed by atoms with Gasteiger partial charge in [0.15, 0.2) is 0 Å². The maximum atomic E-state index is 12.9. The van der Waals surface area contributed by atoms with Gasteiger partial charge in [-0.1, -0.05) is 23.4 Å². The number of hydrogen-bond donors (Lipinski definition) is 0. The van der Waals surface area contributed by atoms with Gasteiger partial charge in [-0.05, 0) is 51.2 Å². The van der Waals surface area contributed by atoms with Crippen LogP contribution in [0.3, 0.4) is 0 Å². The number of nitrogens with zero attached hydrogens (tertiary/aromatic N) is 3. The van der Waals surface area contributed by atoms with Gasteiger partial charge in [0.1, 0.15) is 5.76 Å². The minimum atomic E-state index is 0.144. The summed E-state index contributed by atoms with van der Waals surface area (Å²) in [5, 5.41) is 3.95. The molecule has 28 heavy (non-hydrogen) atoms. The van der Waals surface area contributed by atoms with E-state index in [2.05, 4.69) is 5.16 Å². The van der Waals surface area contributed by atoms with Gasteiger partial charge in [-0.25, -0.2) is 0 Å². The van der Waals surface area contributed by atoms with Crippen LogP contribution in [0.2, 0.25) is 0 Å². The number of piperidine rings is 1. The van der Waals surface area contributed by atoms with Crippen LogP contribution in [0.25, 0.3) is 0 Å². The smallest absolute Gasteiger partial charge is 0.254 e. The first-order chi connectivity index (χ1) is 13.5. The van der Waals surface area contributed by atoms with Crippen molar-refractivity contribution >= 4 is 11.8 Å². The number of likely N-dealkylation sites (tertiary alicyclic amines) is 1. The van der Waals surface area contributed by atoms with Crippen LogP contribution in [-0.4, -0.2) is 52.4 Å². The van der Waals surface area contributed by atoms with Gasteiger partial charge in [-0.3, -0.25) is 9.59 Å². The molecule has 148 valence electrons. The Kier molecular flexibility index (Phi) is 5.20. The molecular formula is C22H27N3O3. The van der Waals surface area contributed by atoms with Gasteiger partial charge in [0.2, 0.25) is 5.91 Å². The molecule has 2 aliphatic heterocycles. The van der Waals surface area contributed by atoms with Gasteiger partial charge >= 0.3 is 0 Å². The fourth-order valence-corrected chi connectivity index (χ4v) is 4.47. The molecule has 0 aliphatic carbocycles. The van der Waals surface area contributed by atoms with E-state index in [0.717, 1.165) is 67.0 Å². The van der Waals surface area contributed by atoms with Crippen LogP contribution < -0.4 is 0 Å². The van der Waals surface area contributed by atoms with E-state index in [9.17, 15) is 9.59 Å². The lowest BCUT2D eigenvalue weighted by atomic mass is 9.94. The highest BCUT2D eigenvalue weighted by molar-refractivity contribution is 5.97. The van der Waals surface area contributed by atoms with E-state index in [1.165, 1.54) is 0 Å². The highest BCUT2D eigenvalue weighted by Crippen LogP contribution is 2.25. The van der Waals surface area contributed by atoms with Crippen molar-refractivity contribution in [2.45, 2.75) is 52.0 Å². The van der Waals surface area contributed by atoms with Gasteiger partial charge < -0.3 is 14.3 Å². The fourth-order valence-electron chi connectivity index (χ4n) is 4.47. The molecule has 6 nitrogen and oxygen atoms in total. The van der Waals surface area contributed by atoms with Crippen molar-refractivity contribution in [1.29, 1.82) is 0 Å². The average molecular weight is 381 g/mol. The summed E-state index contributed by atoms with van der Waals surface area (Å²) < 4.78 is 5.18. The first-order valence-electron chi connectivity index (χ1n) is 10.1. The number of amides is 2. The van der Waals surface area contributed by atoms with Crippen LogP contribution in [0.15, 0.2) is 28.8 Å². The molecule has 1 aromatic carbocycles. The number of aromatic nitrogens is 1. The summed E-state index contributed by atoms with van der Waals surface area (Å²) in [6.07, 6.45) is 3.76. The second kappa shape index (κ2) is 7.78. The molecule has 0 atom stereocenters. The van der Waals surface area contributed by atoms with E-state index in [1.807, 2.05) is 47.9 Å². The molecule has 1 saturated heterocycles. The molecule has 1 aromatic heterocycles. The Morgan fingerprint density at radius 2 is 1.93 bits per heavy atom. The van der Waals surface area contributed by atoms with Crippen LogP contribution in [-0.2, 0) is 17.6 Å². The zero-order valence-corrected chi connectivity index (χ0v) is 16.6. The van der Waals surface area contributed by atoms with E-state index in [-0.39, 0.29) is 17.9 Å². The molecule has 2 aliphatic rings. The van der Waals surface area contributed by atoms with Crippen molar-refractivity contribution in [3.8, 4) is 0 Å². The van der Waals surface area contributed by atoms with E-state index in [4.69, 9.17) is 4.52 Å². The van der Waals surface area contributed by atoms with Crippen molar-refractivity contribution < 1.29 is 14.1 Å². The van der Waals surface area contributed by atoms with Crippen molar-refractivity contribution in [3.63, 3.8) is 0 Å². The predicted octanol–water partition coefficient (Wildman–Crippen LogP) is 2.91. The molecular weight excluding hydrogens is 354 g/mol. The number of carbonyl (C=O) groups is 2. The average Bonchev–Trinajstić information content (AvgIpc) is 3.04. The largest absolute Gasteiger partial charge is 0.361 e. The topological polar surface area (TPSA) is 66.7 Å². The maximum absolute atomic E-state index is 12.9. The third-order valence-electron chi connectivity index (χ3n) is 6.16. The van der Waals surface area contributed by atoms with Crippen molar-refractivity contribution in [1.82, 2.24) is 15.0 Å². The molecule has 0 N–H and O–H groups in total. The summed E-state index contributed by atoms with van der Waals surface area (Å²) in [7, 11) is 0. The third-order valence-corrected chi connectivity index (χ3v) is 6.16. The number of benzene rings is 1. The lowest BCUT2D eigenvalue weighted by Crippen LogP contribution is -2.50. The third kappa shape index (κ3) is 3.55. The van der Waals surface area contributed by atoms with E-state index in [0.29, 0.717) is 12.8 Å². The summed E-state index contributed by atoms with van der Waals surface area (Å²) in [6, 6.07) is 8.13. The van der Waals surface area contributed by atoms with E-state index < -0.39 is 0 Å². The summed E-state index contributed by atoms with van der Waals surface area (Å²) >= 11 is 0. The molecule has 0 spiro atoms. The second-order valence-corrected chi connectivity index (χ2v) is 7.82. The standard InChI is InChI=1S/C22H27N3O3/c1-15-19(16(2)28-23-15)7-8-21(26)24-12-10-18(11-13-24)25-14-9-17-5-3-4-6-20(17)22(25)27/h3-6,18H,7-14H2,1-2H3. The van der Waals surface area contributed by atoms with Crippen molar-refractivity contribution in [2.75, 3.05) is 19.6 Å². The Labute approximate surface area is 165 Å². The van der Waals surface area contributed by atoms with Gasteiger partial charge in [0.25, 0.3) is 5.91 Å². The molecule has 3 heterocycles. The molecule has 1 fully saturated rings. The van der Waals surface area contributed by atoms with Gasteiger partial charge in [0.05, 0.1) is 5.69 Å². The highest BCUT2D eigenvalue weighted by atomic mass is 16.5. The summed E-state index contributed by atoms with van der Waals surface area (Å²) in [4.78, 5) is 29.4. The first kappa shape index (κ1) is 18.7. The van der Waals surface area contributed by atoms with Crippen LogP contribution in [0.1, 0.15) is 52.2 Å². The quantitative estimate of drug-likeness (QED) is 0.817.